The zero-order valence-electron chi connectivity index (χ0n) is 9.38. The standard InChI is InChI=1S/C13H7Cl4NO/c14-8-3-1-2-7(11(8)13(18)19)6-4-9(15)12(17)10(16)5-6/h1-5H,(H2,18,19). The van der Waals surface area contributed by atoms with Crippen LogP contribution in [0.2, 0.25) is 20.1 Å². The van der Waals surface area contributed by atoms with Crippen molar-refractivity contribution in [2.45, 2.75) is 0 Å². The van der Waals surface area contributed by atoms with Gasteiger partial charge < -0.3 is 5.73 Å². The Morgan fingerprint density at radius 1 is 0.947 bits per heavy atom. The van der Waals surface area contributed by atoms with Crippen LogP contribution >= 0.6 is 46.4 Å². The van der Waals surface area contributed by atoms with Crippen molar-refractivity contribution in [3.05, 3.63) is 56.0 Å². The maximum Gasteiger partial charge on any atom is 0.250 e. The minimum absolute atomic E-state index is 0.221. The Morgan fingerprint density at radius 2 is 1.53 bits per heavy atom. The second-order valence-electron chi connectivity index (χ2n) is 3.78. The highest BCUT2D eigenvalue weighted by Gasteiger charge is 2.16. The summed E-state index contributed by atoms with van der Waals surface area (Å²) in [7, 11) is 0. The van der Waals surface area contributed by atoms with E-state index in [-0.39, 0.29) is 15.6 Å². The Morgan fingerprint density at radius 3 is 2.05 bits per heavy atom. The minimum atomic E-state index is -0.622. The molecule has 0 bridgehead atoms. The first-order chi connectivity index (χ1) is 8.91. The van der Waals surface area contributed by atoms with E-state index in [2.05, 4.69) is 0 Å². The van der Waals surface area contributed by atoms with Crippen molar-refractivity contribution in [3.8, 4) is 11.1 Å². The van der Waals surface area contributed by atoms with E-state index in [4.69, 9.17) is 52.1 Å². The second-order valence-corrected chi connectivity index (χ2v) is 5.38. The average molecular weight is 335 g/mol. The lowest BCUT2D eigenvalue weighted by Gasteiger charge is -2.10. The number of benzene rings is 2. The fourth-order valence-corrected chi connectivity index (χ4v) is 2.59. The largest absolute Gasteiger partial charge is 0.366 e. The summed E-state index contributed by atoms with van der Waals surface area (Å²) in [6, 6.07) is 8.22. The van der Waals surface area contributed by atoms with Crippen LogP contribution in [-0.2, 0) is 0 Å². The first-order valence-corrected chi connectivity index (χ1v) is 6.66. The molecular weight excluding hydrogens is 328 g/mol. The van der Waals surface area contributed by atoms with Gasteiger partial charge in [-0.1, -0.05) is 58.5 Å². The predicted molar refractivity (Wildman–Crippen MR) is 80.4 cm³/mol. The van der Waals surface area contributed by atoms with Crippen LogP contribution in [-0.4, -0.2) is 5.91 Å². The average Bonchev–Trinajstić information content (AvgIpc) is 2.34. The van der Waals surface area contributed by atoms with Crippen LogP contribution in [0.4, 0.5) is 0 Å². The van der Waals surface area contributed by atoms with Gasteiger partial charge in [-0.15, -0.1) is 0 Å². The summed E-state index contributed by atoms with van der Waals surface area (Å²) in [6.45, 7) is 0. The lowest BCUT2D eigenvalue weighted by atomic mass is 9.99. The normalized spacial score (nSPS) is 10.5. The van der Waals surface area contributed by atoms with E-state index in [1.165, 1.54) is 0 Å². The summed E-state index contributed by atoms with van der Waals surface area (Å²) in [4.78, 5) is 11.5. The number of hydrogen-bond acceptors (Lipinski definition) is 1. The molecule has 2 aromatic rings. The molecule has 0 aliphatic heterocycles. The van der Waals surface area contributed by atoms with Gasteiger partial charge in [-0.3, -0.25) is 4.79 Å². The van der Waals surface area contributed by atoms with Crippen LogP contribution in [0.15, 0.2) is 30.3 Å². The number of carbonyl (C=O) groups is 1. The number of hydrogen-bond donors (Lipinski definition) is 1. The van der Waals surface area contributed by atoms with E-state index in [0.717, 1.165) is 0 Å². The molecule has 0 radical (unpaired) electrons. The molecule has 2 rings (SSSR count). The summed E-state index contributed by atoms with van der Waals surface area (Å²) in [6.07, 6.45) is 0. The summed E-state index contributed by atoms with van der Waals surface area (Å²) < 4.78 is 0. The predicted octanol–water partition coefficient (Wildman–Crippen LogP) is 5.07. The van der Waals surface area contributed by atoms with Gasteiger partial charge in [0.05, 0.1) is 25.7 Å². The molecule has 0 heterocycles. The van der Waals surface area contributed by atoms with Crippen LogP contribution in [0.1, 0.15) is 10.4 Å². The molecule has 0 saturated carbocycles. The third-order valence-corrected chi connectivity index (χ3v) is 4.07. The smallest absolute Gasteiger partial charge is 0.250 e. The molecule has 0 spiro atoms. The van der Waals surface area contributed by atoms with E-state index < -0.39 is 5.91 Å². The number of primary amides is 1. The molecule has 98 valence electrons. The Hall–Kier alpha value is -0.930. The number of rotatable bonds is 2. The molecule has 0 aliphatic rings. The van der Waals surface area contributed by atoms with Gasteiger partial charge in [0.15, 0.2) is 0 Å². The molecule has 0 atom stereocenters. The summed E-state index contributed by atoms with van der Waals surface area (Å²) in [5, 5.41) is 1.11. The minimum Gasteiger partial charge on any atom is -0.366 e. The Bertz CT molecular complexity index is 647. The van der Waals surface area contributed by atoms with Gasteiger partial charge in [-0.05, 0) is 29.3 Å². The van der Waals surface area contributed by atoms with Crippen molar-refractivity contribution in [3.63, 3.8) is 0 Å². The molecule has 2 aromatic carbocycles. The second kappa shape index (κ2) is 5.59. The van der Waals surface area contributed by atoms with Crippen LogP contribution < -0.4 is 5.73 Å². The molecule has 0 fully saturated rings. The lowest BCUT2D eigenvalue weighted by molar-refractivity contribution is 0.100. The van der Waals surface area contributed by atoms with Crippen LogP contribution in [0, 0.1) is 0 Å². The van der Waals surface area contributed by atoms with E-state index in [1.807, 2.05) is 0 Å². The van der Waals surface area contributed by atoms with Gasteiger partial charge >= 0.3 is 0 Å². The summed E-state index contributed by atoms with van der Waals surface area (Å²) in [5.41, 5.74) is 6.74. The summed E-state index contributed by atoms with van der Waals surface area (Å²) >= 11 is 23.8. The molecule has 0 aromatic heterocycles. The molecule has 0 aliphatic carbocycles. The third-order valence-electron chi connectivity index (χ3n) is 2.55. The van der Waals surface area contributed by atoms with Crippen molar-refractivity contribution in [1.29, 1.82) is 0 Å². The van der Waals surface area contributed by atoms with Gasteiger partial charge in [0.2, 0.25) is 0 Å². The Kier molecular flexibility index (Phi) is 4.26. The van der Waals surface area contributed by atoms with E-state index >= 15 is 0 Å². The van der Waals surface area contributed by atoms with Crippen LogP contribution in [0.3, 0.4) is 0 Å². The molecular formula is C13H7Cl4NO. The van der Waals surface area contributed by atoms with E-state index in [9.17, 15) is 4.79 Å². The molecule has 0 saturated heterocycles. The highest BCUT2D eigenvalue weighted by atomic mass is 35.5. The summed E-state index contributed by atoms with van der Waals surface area (Å²) in [5.74, 6) is -0.622. The van der Waals surface area contributed by atoms with Crippen LogP contribution in [0.5, 0.6) is 0 Å². The van der Waals surface area contributed by atoms with E-state index in [1.54, 1.807) is 30.3 Å². The van der Waals surface area contributed by atoms with Gasteiger partial charge in [0.25, 0.3) is 5.91 Å². The van der Waals surface area contributed by atoms with Gasteiger partial charge in [-0.2, -0.15) is 0 Å². The van der Waals surface area contributed by atoms with Crippen molar-refractivity contribution in [1.82, 2.24) is 0 Å². The molecule has 2 nitrogen and oxygen atoms in total. The SMILES string of the molecule is NC(=O)c1c(Cl)cccc1-c1cc(Cl)c(Cl)c(Cl)c1. The Balaban J connectivity index is 2.73. The van der Waals surface area contributed by atoms with E-state index in [0.29, 0.717) is 21.2 Å². The number of amides is 1. The third kappa shape index (κ3) is 2.82. The molecule has 19 heavy (non-hydrogen) atoms. The highest BCUT2D eigenvalue weighted by Crippen LogP contribution is 2.37. The number of nitrogens with two attached hydrogens (primary N) is 1. The van der Waals surface area contributed by atoms with Crippen molar-refractivity contribution < 1.29 is 4.79 Å². The van der Waals surface area contributed by atoms with Crippen molar-refractivity contribution >= 4 is 52.3 Å². The van der Waals surface area contributed by atoms with Gasteiger partial charge in [0, 0.05) is 0 Å². The van der Waals surface area contributed by atoms with Gasteiger partial charge in [0.1, 0.15) is 0 Å². The number of carbonyl (C=O) groups excluding carboxylic acids is 1. The van der Waals surface area contributed by atoms with Crippen LogP contribution in [0.25, 0.3) is 11.1 Å². The monoisotopic (exact) mass is 333 g/mol. The first-order valence-electron chi connectivity index (χ1n) is 5.15. The molecule has 6 heteroatoms. The number of halogens is 4. The van der Waals surface area contributed by atoms with Crippen molar-refractivity contribution in [2.24, 2.45) is 5.73 Å². The first kappa shape index (κ1) is 14.5. The maximum absolute atomic E-state index is 11.5. The molecule has 0 unspecified atom stereocenters. The fraction of sp³-hybridized carbons (Fsp3) is 0. The Labute approximate surface area is 130 Å². The maximum atomic E-state index is 11.5. The molecule has 1 amide bonds. The zero-order chi connectivity index (χ0) is 14.2. The van der Waals surface area contributed by atoms with Gasteiger partial charge in [-0.25, -0.2) is 0 Å². The fourth-order valence-electron chi connectivity index (χ4n) is 1.73. The topological polar surface area (TPSA) is 43.1 Å². The zero-order valence-corrected chi connectivity index (χ0v) is 12.4. The highest BCUT2D eigenvalue weighted by molar-refractivity contribution is 6.48. The quantitative estimate of drug-likeness (QED) is 0.766. The van der Waals surface area contributed by atoms with Crippen molar-refractivity contribution in [2.75, 3.05) is 0 Å². The molecule has 2 N–H and O–H groups in total. The lowest BCUT2D eigenvalue weighted by Crippen LogP contribution is -2.13.